The van der Waals surface area contributed by atoms with Crippen molar-refractivity contribution in [2.45, 2.75) is 0 Å². The zero-order valence-electron chi connectivity index (χ0n) is 3.98. The van der Waals surface area contributed by atoms with Crippen molar-refractivity contribution in [1.82, 2.24) is 0 Å². The summed E-state index contributed by atoms with van der Waals surface area (Å²) in [5.41, 5.74) is 0. The second kappa shape index (κ2) is 5.69. The van der Waals surface area contributed by atoms with Gasteiger partial charge in [-0.25, -0.2) is 0 Å². The molecule has 0 aromatic carbocycles. The molecule has 2 nitrogen and oxygen atoms in total. The molecule has 3 heteroatoms. The van der Waals surface area contributed by atoms with E-state index < -0.39 is 0 Å². The summed E-state index contributed by atoms with van der Waals surface area (Å²) >= 11 is 1.57. The van der Waals surface area contributed by atoms with Gasteiger partial charge < -0.3 is 10.8 Å². The van der Waals surface area contributed by atoms with Gasteiger partial charge in [0.25, 0.3) is 0 Å². The van der Waals surface area contributed by atoms with Crippen LogP contribution in [0.4, 0.5) is 0 Å². The highest BCUT2D eigenvalue weighted by molar-refractivity contribution is 8.00. The van der Waals surface area contributed by atoms with Crippen LogP contribution >= 0.6 is 11.8 Å². The number of rotatable bonds is 4. The van der Waals surface area contributed by atoms with E-state index in [1.165, 1.54) is 12.4 Å². The van der Waals surface area contributed by atoms with E-state index in [4.69, 9.17) is 10.8 Å². The van der Waals surface area contributed by atoms with Gasteiger partial charge >= 0.3 is 0 Å². The minimum Gasteiger partial charge on any atom is -0.312 e. The van der Waals surface area contributed by atoms with Gasteiger partial charge in [-0.1, -0.05) is 0 Å². The maximum absolute atomic E-state index is 6.56. The highest BCUT2D eigenvalue weighted by atomic mass is 32.2. The third kappa shape index (κ3) is 5.69. The van der Waals surface area contributed by atoms with E-state index in [0.29, 0.717) is 0 Å². The molecular formula is C4H8N2S. The molecule has 0 saturated carbocycles. The van der Waals surface area contributed by atoms with Gasteiger partial charge in [0.05, 0.1) is 0 Å². The molecule has 0 atom stereocenters. The van der Waals surface area contributed by atoms with Crippen molar-refractivity contribution in [2.24, 2.45) is 0 Å². The summed E-state index contributed by atoms with van der Waals surface area (Å²) in [5, 5.41) is 13.1. The second-order valence-corrected chi connectivity index (χ2v) is 2.02. The quantitative estimate of drug-likeness (QED) is 0.418. The van der Waals surface area contributed by atoms with Crippen LogP contribution in [0.5, 0.6) is 0 Å². The van der Waals surface area contributed by atoms with Crippen LogP contribution in [0.3, 0.4) is 0 Å². The highest BCUT2D eigenvalue weighted by Gasteiger charge is 1.75. The van der Waals surface area contributed by atoms with E-state index in [1.807, 2.05) is 0 Å². The SMILES string of the molecule is N=CCSCC=N. The van der Waals surface area contributed by atoms with Crippen molar-refractivity contribution in [2.75, 3.05) is 11.5 Å². The zero-order chi connectivity index (χ0) is 5.54. The molecule has 40 valence electrons. The summed E-state index contributed by atoms with van der Waals surface area (Å²) in [6.45, 7) is 0. The molecule has 0 aliphatic rings. The summed E-state index contributed by atoms with van der Waals surface area (Å²) in [6, 6.07) is 0. The van der Waals surface area contributed by atoms with Gasteiger partial charge in [0.15, 0.2) is 0 Å². The topological polar surface area (TPSA) is 47.7 Å². The van der Waals surface area contributed by atoms with Crippen LogP contribution in [0.25, 0.3) is 0 Å². The summed E-state index contributed by atoms with van der Waals surface area (Å²) in [7, 11) is 0. The molecule has 0 saturated heterocycles. The van der Waals surface area contributed by atoms with Crippen LogP contribution < -0.4 is 0 Å². The van der Waals surface area contributed by atoms with Crippen LogP contribution in [0, 0.1) is 10.8 Å². The largest absolute Gasteiger partial charge is 0.312 e. The first-order valence-corrected chi connectivity index (χ1v) is 3.13. The van der Waals surface area contributed by atoms with Gasteiger partial charge in [0.1, 0.15) is 0 Å². The normalized spacial score (nSPS) is 8.00. The maximum Gasteiger partial charge on any atom is 0.0285 e. The Balaban J connectivity index is 2.68. The fourth-order valence-electron chi connectivity index (χ4n) is 0.186. The van der Waals surface area contributed by atoms with Crippen molar-refractivity contribution < 1.29 is 0 Å². The third-order valence-corrected chi connectivity index (χ3v) is 1.21. The van der Waals surface area contributed by atoms with Crippen molar-refractivity contribution in [3.63, 3.8) is 0 Å². The van der Waals surface area contributed by atoms with Crippen LogP contribution in [0.15, 0.2) is 0 Å². The van der Waals surface area contributed by atoms with E-state index in [-0.39, 0.29) is 0 Å². The number of nitrogens with one attached hydrogen (secondary N) is 2. The molecule has 0 fully saturated rings. The fraction of sp³-hybridized carbons (Fsp3) is 0.500. The molecule has 0 bridgehead atoms. The van der Waals surface area contributed by atoms with E-state index in [1.54, 1.807) is 11.8 Å². The lowest BCUT2D eigenvalue weighted by Crippen LogP contribution is -1.81. The zero-order valence-corrected chi connectivity index (χ0v) is 4.79. The Morgan fingerprint density at radius 3 is 1.86 bits per heavy atom. The second-order valence-electron chi connectivity index (χ2n) is 0.946. The van der Waals surface area contributed by atoms with E-state index in [0.717, 1.165) is 11.5 Å². The summed E-state index contributed by atoms with van der Waals surface area (Å²) in [5.74, 6) is 1.46. The van der Waals surface area contributed by atoms with Gasteiger partial charge in [-0.05, 0) is 0 Å². The Hall–Kier alpha value is -0.310. The molecule has 0 aromatic heterocycles. The summed E-state index contributed by atoms with van der Waals surface area (Å²) in [6.07, 6.45) is 2.68. The van der Waals surface area contributed by atoms with Gasteiger partial charge in [-0.2, -0.15) is 11.8 Å². The first-order valence-electron chi connectivity index (χ1n) is 1.97. The lowest BCUT2D eigenvalue weighted by atomic mass is 10.9. The van der Waals surface area contributed by atoms with Gasteiger partial charge in [-0.15, -0.1) is 0 Å². The summed E-state index contributed by atoms with van der Waals surface area (Å²) < 4.78 is 0. The molecule has 0 radical (unpaired) electrons. The number of thioether (sulfide) groups is 1. The Morgan fingerprint density at radius 1 is 1.14 bits per heavy atom. The van der Waals surface area contributed by atoms with Crippen LogP contribution in [0.2, 0.25) is 0 Å². The first kappa shape index (κ1) is 6.69. The molecule has 0 amide bonds. The fourth-order valence-corrected chi connectivity index (χ4v) is 0.558. The Labute approximate surface area is 47.3 Å². The Kier molecular flexibility index (Phi) is 5.44. The van der Waals surface area contributed by atoms with Crippen LogP contribution in [0.1, 0.15) is 0 Å². The molecule has 0 spiro atoms. The monoisotopic (exact) mass is 116 g/mol. The van der Waals surface area contributed by atoms with Crippen molar-refractivity contribution >= 4 is 24.2 Å². The van der Waals surface area contributed by atoms with E-state index in [2.05, 4.69) is 0 Å². The number of hydrogen-bond donors (Lipinski definition) is 2. The van der Waals surface area contributed by atoms with Gasteiger partial charge in [0, 0.05) is 23.9 Å². The molecular weight excluding hydrogens is 108 g/mol. The molecule has 7 heavy (non-hydrogen) atoms. The molecule has 0 aliphatic carbocycles. The maximum atomic E-state index is 6.56. The average molecular weight is 116 g/mol. The average Bonchev–Trinajstić information content (AvgIpc) is 1.69. The van der Waals surface area contributed by atoms with Crippen molar-refractivity contribution in [3.05, 3.63) is 0 Å². The number of hydrogen-bond acceptors (Lipinski definition) is 3. The van der Waals surface area contributed by atoms with Crippen LogP contribution in [-0.4, -0.2) is 23.9 Å². The molecule has 0 aromatic rings. The van der Waals surface area contributed by atoms with Crippen molar-refractivity contribution in [3.8, 4) is 0 Å². The minimum absolute atomic E-state index is 0.732. The molecule has 0 heterocycles. The molecule has 0 rings (SSSR count). The first-order chi connectivity index (χ1) is 3.41. The molecule has 0 unspecified atom stereocenters. The van der Waals surface area contributed by atoms with Gasteiger partial charge in [0.2, 0.25) is 0 Å². The smallest absolute Gasteiger partial charge is 0.0285 e. The summed E-state index contributed by atoms with van der Waals surface area (Å²) in [4.78, 5) is 0. The van der Waals surface area contributed by atoms with E-state index >= 15 is 0 Å². The van der Waals surface area contributed by atoms with Crippen molar-refractivity contribution in [1.29, 1.82) is 10.8 Å². The Bertz CT molecular complexity index is 54.7. The third-order valence-electron chi connectivity index (χ3n) is 0.402. The highest BCUT2D eigenvalue weighted by Crippen LogP contribution is 1.91. The standard InChI is InChI=1S/C4H8N2S/c5-1-3-7-4-2-6/h1-2,5-6H,3-4H2. The lowest BCUT2D eigenvalue weighted by molar-refractivity contribution is 1.54. The Morgan fingerprint density at radius 2 is 1.57 bits per heavy atom. The lowest BCUT2D eigenvalue weighted by Gasteiger charge is -1.83. The molecule has 0 aliphatic heterocycles. The van der Waals surface area contributed by atoms with Gasteiger partial charge in [-0.3, -0.25) is 0 Å². The van der Waals surface area contributed by atoms with Crippen LogP contribution in [-0.2, 0) is 0 Å². The predicted molar refractivity (Wildman–Crippen MR) is 34.9 cm³/mol. The van der Waals surface area contributed by atoms with E-state index in [9.17, 15) is 0 Å². The predicted octanol–water partition coefficient (Wildman–Crippen LogP) is 1.02. The molecule has 2 N–H and O–H groups in total. The minimum atomic E-state index is 0.732.